The summed E-state index contributed by atoms with van der Waals surface area (Å²) in [5, 5.41) is 17.5. The second-order valence-electron chi connectivity index (χ2n) is 4.13. The summed E-state index contributed by atoms with van der Waals surface area (Å²) in [6.07, 6.45) is 0.441. The van der Waals surface area contributed by atoms with Crippen LogP contribution in [0, 0.1) is 18.3 Å². The molecule has 1 N–H and O–H groups in total. The van der Waals surface area contributed by atoms with Gasteiger partial charge in [-0.05, 0) is 37.6 Å². The van der Waals surface area contributed by atoms with E-state index in [1.54, 1.807) is 18.2 Å². The number of nitriles is 1. The molecule has 1 atom stereocenters. The van der Waals surface area contributed by atoms with Crippen molar-refractivity contribution in [1.82, 2.24) is 0 Å². The predicted octanol–water partition coefficient (Wildman–Crippen LogP) is 2.43. The number of aryl methyl sites for hydroxylation is 1. The van der Waals surface area contributed by atoms with Gasteiger partial charge in [0.1, 0.15) is 0 Å². The average molecular weight is 232 g/mol. The van der Waals surface area contributed by atoms with Gasteiger partial charge < -0.3 is 10.0 Å². The zero-order valence-electron chi connectivity index (χ0n) is 10.3. The lowest BCUT2D eigenvalue weighted by Crippen LogP contribution is -2.29. The van der Waals surface area contributed by atoms with Crippen molar-refractivity contribution in [3.63, 3.8) is 0 Å². The van der Waals surface area contributed by atoms with Crippen molar-refractivity contribution in [2.75, 3.05) is 11.9 Å². The maximum absolute atomic E-state index is 10.8. The number of hydrogen-bond donors (Lipinski definition) is 1. The van der Waals surface area contributed by atoms with Gasteiger partial charge in [-0.1, -0.05) is 0 Å². The summed E-state index contributed by atoms with van der Waals surface area (Å²) >= 11 is 0. The van der Waals surface area contributed by atoms with Gasteiger partial charge in [0, 0.05) is 18.8 Å². The second kappa shape index (κ2) is 5.35. The van der Waals surface area contributed by atoms with Crippen LogP contribution in [0.5, 0.6) is 0 Å². The minimum absolute atomic E-state index is 0.106. The number of benzene rings is 1. The van der Waals surface area contributed by atoms with Crippen molar-refractivity contribution in [2.45, 2.75) is 26.3 Å². The Kier molecular flexibility index (Phi) is 4.11. The highest BCUT2D eigenvalue weighted by molar-refractivity contribution is 5.88. The maximum Gasteiger partial charge on any atom is 0.335 e. The number of aromatic carboxylic acids is 1. The van der Waals surface area contributed by atoms with Gasteiger partial charge in [0.25, 0.3) is 0 Å². The van der Waals surface area contributed by atoms with Gasteiger partial charge in [0.15, 0.2) is 0 Å². The van der Waals surface area contributed by atoms with Gasteiger partial charge in [0.05, 0.1) is 18.1 Å². The van der Waals surface area contributed by atoms with Gasteiger partial charge >= 0.3 is 5.97 Å². The quantitative estimate of drug-likeness (QED) is 0.865. The third-order valence-electron chi connectivity index (χ3n) is 2.87. The molecule has 1 aromatic carbocycles. The van der Waals surface area contributed by atoms with Crippen molar-refractivity contribution in [2.24, 2.45) is 0 Å². The van der Waals surface area contributed by atoms with Gasteiger partial charge in [-0.25, -0.2) is 4.79 Å². The highest BCUT2D eigenvalue weighted by Crippen LogP contribution is 2.22. The molecule has 4 nitrogen and oxygen atoms in total. The highest BCUT2D eigenvalue weighted by Gasteiger charge is 2.13. The fourth-order valence-corrected chi connectivity index (χ4v) is 1.69. The van der Waals surface area contributed by atoms with Crippen LogP contribution >= 0.6 is 0 Å². The number of anilines is 1. The Balaban J connectivity index is 3.00. The minimum atomic E-state index is -0.924. The number of carbonyl (C=O) groups is 1. The fraction of sp³-hybridized carbons (Fsp3) is 0.385. The Morgan fingerprint density at radius 3 is 2.71 bits per heavy atom. The van der Waals surface area contributed by atoms with Crippen molar-refractivity contribution in [3.05, 3.63) is 29.3 Å². The molecule has 0 aliphatic rings. The summed E-state index contributed by atoms with van der Waals surface area (Å²) < 4.78 is 0. The normalized spacial score (nSPS) is 11.6. The molecular formula is C13H16N2O2. The molecule has 1 unspecified atom stereocenters. The Morgan fingerprint density at radius 1 is 1.59 bits per heavy atom. The molecule has 0 bridgehead atoms. The highest BCUT2D eigenvalue weighted by atomic mass is 16.4. The zero-order chi connectivity index (χ0) is 13.0. The Hall–Kier alpha value is -2.02. The van der Waals surface area contributed by atoms with E-state index in [0.717, 1.165) is 11.3 Å². The molecule has 0 amide bonds. The first-order valence-electron chi connectivity index (χ1n) is 5.41. The number of rotatable bonds is 4. The van der Waals surface area contributed by atoms with E-state index in [-0.39, 0.29) is 11.6 Å². The molecule has 17 heavy (non-hydrogen) atoms. The van der Waals surface area contributed by atoms with Crippen LogP contribution in [0.15, 0.2) is 18.2 Å². The van der Waals surface area contributed by atoms with Crippen molar-refractivity contribution in [1.29, 1.82) is 5.26 Å². The van der Waals surface area contributed by atoms with Crippen LogP contribution < -0.4 is 4.90 Å². The van der Waals surface area contributed by atoms with Gasteiger partial charge in [-0.2, -0.15) is 5.26 Å². The summed E-state index contributed by atoms with van der Waals surface area (Å²) in [6, 6.07) is 7.25. The van der Waals surface area contributed by atoms with Crippen LogP contribution in [0.2, 0.25) is 0 Å². The fourth-order valence-electron chi connectivity index (χ4n) is 1.69. The molecule has 1 aromatic rings. The third kappa shape index (κ3) is 2.97. The largest absolute Gasteiger partial charge is 0.478 e. The van der Waals surface area contributed by atoms with Gasteiger partial charge in [-0.15, -0.1) is 0 Å². The number of carboxylic acid groups (broad SMARTS) is 1. The average Bonchev–Trinajstić information content (AvgIpc) is 2.28. The number of hydrogen-bond acceptors (Lipinski definition) is 3. The van der Waals surface area contributed by atoms with E-state index in [1.165, 1.54) is 0 Å². The molecular weight excluding hydrogens is 216 g/mol. The van der Waals surface area contributed by atoms with Crippen LogP contribution in [0.4, 0.5) is 5.69 Å². The molecule has 0 saturated carbocycles. The number of nitrogens with zero attached hydrogens (tertiary/aromatic N) is 2. The van der Waals surface area contributed by atoms with Crippen LogP contribution in [-0.2, 0) is 0 Å². The predicted molar refractivity (Wildman–Crippen MR) is 66.2 cm³/mol. The van der Waals surface area contributed by atoms with E-state index >= 15 is 0 Å². The van der Waals surface area contributed by atoms with E-state index in [9.17, 15) is 4.79 Å². The lowest BCUT2D eigenvalue weighted by molar-refractivity contribution is 0.0697. The zero-order valence-corrected chi connectivity index (χ0v) is 10.3. The Morgan fingerprint density at radius 2 is 2.24 bits per heavy atom. The molecule has 90 valence electrons. The van der Waals surface area contributed by atoms with E-state index in [4.69, 9.17) is 10.4 Å². The summed E-state index contributed by atoms with van der Waals surface area (Å²) in [7, 11) is 1.91. The van der Waals surface area contributed by atoms with Crippen molar-refractivity contribution >= 4 is 11.7 Å². The smallest absolute Gasteiger partial charge is 0.335 e. The molecule has 0 radical (unpaired) electrons. The Labute approximate surface area is 101 Å². The summed E-state index contributed by atoms with van der Waals surface area (Å²) in [6.45, 7) is 3.84. The third-order valence-corrected chi connectivity index (χ3v) is 2.87. The lowest BCUT2D eigenvalue weighted by atomic mass is 10.1. The Bertz CT molecular complexity index is 463. The van der Waals surface area contributed by atoms with E-state index in [2.05, 4.69) is 6.07 Å². The molecule has 0 heterocycles. The minimum Gasteiger partial charge on any atom is -0.478 e. The lowest BCUT2D eigenvalue weighted by Gasteiger charge is -2.27. The summed E-state index contributed by atoms with van der Waals surface area (Å²) in [4.78, 5) is 12.8. The van der Waals surface area contributed by atoms with Crippen molar-refractivity contribution in [3.8, 4) is 6.07 Å². The van der Waals surface area contributed by atoms with E-state index in [0.29, 0.717) is 6.42 Å². The van der Waals surface area contributed by atoms with E-state index < -0.39 is 5.97 Å². The molecule has 0 aromatic heterocycles. The maximum atomic E-state index is 10.8. The second-order valence-corrected chi connectivity index (χ2v) is 4.13. The van der Waals surface area contributed by atoms with Gasteiger partial charge in [-0.3, -0.25) is 0 Å². The molecule has 0 saturated heterocycles. The first-order chi connectivity index (χ1) is 7.97. The van der Waals surface area contributed by atoms with Crippen LogP contribution in [0.1, 0.15) is 29.3 Å². The van der Waals surface area contributed by atoms with Gasteiger partial charge in [0.2, 0.25) is 0 Å². The molecule has 0 aliphatic heterocycles. The molecule has 0 spiro atoms. The summed E-state index contributed by atoms with van der Waals surface area (Å²) in [5.74, 6) is -0.924. The molecule has 0 aliphatic carbocycles. The standard InChI is InChI=1S/C13H16N2O2/c1-9-8-11(13(16)17)4-5-12(9)15(3)10(2)6-7-14/h4-5,8,10H,6H2,1-3H3,(H,16,17). The van der Waals surface area contributed by atoms with E-state index in [1.807, 2.05) is 25.8 Å². The van der Waals surface area contributed by atoms with Crippen molar-refractivity contribution < 1.29 is 9.90 Å². The van der Waals surface area contributed by atoms with Crippen LogP contribution in [0.25, 0.3) is 0 Å². The molecule has 0 fully saturated rings. The summed E-state index contributed by atoms with van der Waals surface area (Å²) in [5.41, 5.74) is 2.14. The topological polar surface area (TPSA) is 64.3 Å². The molecule has 4 heteroatoms. The first kappa shape index (κ1) is 13.0. The first-order valence-corrected chi connectivity index (χ1v) is 5.41. The molecule has 1 rings (SSSR count). The van der Waals surface area contributed by atoms with Crippen LogP contribution in [-0.4, -0.2) is 24.2 Å². The number of carboxylic acids is 1. The monoisotopic (exact) mass is 232 g/mol. The van der Waals surface area contributed by atoms with Crippen LogP contribution in [0.3, 0.4) is 0 Å². The SMILES string of the molecule is Cc1cc(C(=O)O)ccc1N(C)C(C)CC#N.